The number of benzene rings is 2. The molecule has 1 aliphatic rings. The lowest BCUT2D eigenvalue weighted by Crippen LogP contribution is -2.46. The number of H-pyrrole nitrogens is 1. The lowest BCUT2D eigenvalue weighted by molar-refractivity contribution is 0.0979. The van der Waals surface area contributed by atoms with Crippen LogP contribution < -0.4 is 15.4 Å². The number of fused-ring (bicyclic) bond motifs is 1. The first-order valence-electron chi connectivity index (χ1n) is 8.39. The summed E-state index contributed by atoms with van der Waals surface area (Å²) in [6.07, 6.45) is 1.38. The first-order chi connectivity index (χ1) is 13.4. The second kappa shape index (κ2) is 6.76. The zero-order valence-corrected chi connectivity index (χ0v) is 15.4. The van der Waals surface area contributed by atoms with Crippen LogP contribution in [0.1, 0.15) is 15.9 Å². The average molecular weight is 402 g/mol. The quantitative estimate of drug-likeness (QED) is 0.693. The number of pyridine rings is 1. The third kappa shape index (κ3) is 2.93. The van der Waals surface area contributed by atoms with E-state index in [0.29, 0.717) is 22.6 Å². The van der Waals surface area contributed by atoms with Crippen molar-refractivity contribution in [2.24, 2.45) is 0 Å². The Labute approximate surface area is 163 Å². The van der Waals surface area contributed by atoms with Crippen molar-refractivity contribution in [2.45, 2.75) is 6.92 Å². The largest absolute Gasteiger partial charge is 0.327 e. The van der Waals surface area contributed by atoms with Crippen LogP contribution >= 0.6 is 11.6 Å². The lowest BCUT2D eigenvalue weighted by Gasteiger charge is -2.38. The summed E-state index contributed by atoms with van der Waals surface area (Å²) in [5, 5.41) is -0.175. The molecule has 2 heterocycles. The molecule has 1 aromatic heterocycles. The molecule has 0 radical (unpaired) electrons. The van der Waals surface area contributed by atoms with Gasteiger partial charge in [0, 0.05) is 18.0 Å². The molecule has 1 aliphatic heterocycles. The molecule has 1 amide bonds. The zero-order valence-electron chi connectivity index (χ0n) is 14.7. The van der Waals surface area contributed by atoms with Crippen molar-refractivity contribution in [1.82, 2.24) is 4.98 Å². The number of rotatable bonds is 2. The van der Waals surface area contributed by atoms with Crippen LogP contribution in [0.15, 0.2) is 53.5 Å². The number of hydrogen-bond acceptors (Lipinski definition) is 3. The molecule has 142 valence electrons. The van der Waals surface area contributed by atoms with E-state index in [9.17, 15) is 18.4 Å². The van der Waals surface area contributed by atoms with Gasteiger partial charge in [0.1, 0.15) is 18.0 Å². The molecule has 0 spiro atoms. The summed E-state index contributed by atoms with van der Waals surface area (Å²) in [5.41, 5.74) is 1.45. The van der Waals surface area contributed by atoms with Crippen LogP contribution in [0.3, 0.4) is 0 Å². The summed E-state index contributed by atoms with van der Waals surface area (Å²) in [6, 6.07) is 9.93. The molecular weight excluding hydrogens is 388 g/mol. The van der Waals surface area contributed by atoms with E-state index < -0.39 is 17.5 Å². The predicted octanol–water partition coefficient (Wildman–Crippen LogP) is 4.37. The minimum atomic E-state index is -0.831. The molecule has 0 saturated heterocycles. The number of nitrogens with zero attached hydrogens (tertiary/aromatic N) is 2. The highest BCUT2D eigenvalue weighted by Gasteiger charge is 2.35. The fourth-order valence-electron chi connectivity index (χ4n) is 3.28. The predicted molar refractivity (Wildman–Crippen MR) is 103 cm³/mol. The van der Waals surface area contributed by atoms with E-state index in [1.807, 2.05) is 0 Å². The Morgan fingerprint density at radius 1 is 1.00 bits per heavy atom. The normalized spacial score (nSPS) is 13.6. The van der Waals surface area contributed by atoms with Crippen LogP contribution in [-0.2, 0) is 0 Å². The fourth-order valence-corrected chi connectivity index (χ4v) is 3.44. The van der Waals surface area contributed by atoms with Gasteiger partial charge in [-0.2, -0.15) is 0 Å². The van der Waals surface area contributed by atoms with E-state index in [-0.39, 0.29) is 22.8 Å². The summed E-state index contributed by atoms with van der Waals surface area (Å²) < 4.78 is 28.4. The Balaban J connectivity index is 1.92. The molecule has 0 atom stereocenters. The number of aromatic nitrogens is 1. The molecule has 0 unspecified atom stereocenters. The number of carbonyl (C=O) groups excluding carboxylic acids is 1. The van der Waals surface area contributed by atoms with E-state index in [1.165, 1.54) is 41.4 Å². The molecule has 1 N–H and O–H groups in total. The average Bonchev–Trinajstić information content (AvgIpc) is 2.66. The Kier molecular flexibility index (Phi) is 4.39. The summed E-state index contributed by atoms with van der Waals surface area (Å²) in [4.78, 5) is 29.9. The van der Waals surface area contributed by atoms with Gasteiger partial charge >= 0.3 is 0 Å². The zero-order chi connectivity index (χ0) is 20.0. The number of anilines is 3. The molecule has 2 aromatic carbocycles. The second-order valence-corrected chi connectivity index (χ2v) is 6.81. The molecular formula is C20H14ClF2N3O2. The topological polar surface area (TPSA) is 56.4 Å². The minimum absolute atomic E-state index is 0.0470. The number of carbonyl (C=O) groups is 1. The smallest absolute Gasteiger partial charge is 0.264 e. The summed E-state index contributed by atoms with van der Waals surface area (Å²) >= 11 is 5.91. The molecule has 4 rings (SSSR count). The third-order valence-electron chi connectivity index (χ3n) is 4.63. The van der Waals surface area contributed by atoms with Crippen molar-refractivity contribution in [1.29, 1.82) is 0 Å². The maximum absolute atomic E-state index is 14.8. The van der Waals surface area contributed by atoms with Crippen molar-refractivity contribution >= 4 is 34.6 Å². The van der Waals surface area contributed by atoms with Crippen LogP contribution in [0.25, 0.3) is 0 Å². The van der Waals surface area contributed by atoms with Crippen molar-refractivity contribution < 1.29 is 13.6 Å². The molecule has 0 aliphatic carbocycles. The molecule has 5 nitrogen and oxygen atoms in total. The molecule has 0 bridgehead atoms. The Hall–Kier alpha value is -3.19. The van der Waals surface area contributed by atoms with Gasteiger partial charge in [-0.15, -0.1) is 0 Å². The standard InChI is InChI=1S/C20H14ClF2N3O2/c1-11-8-12(22)2-5-15(11)26-10-25(13-3-7-17(27)24-9-13)20(28)18-16(26)6-4-14(21)19(18)23/h2-9H,10H2,1H3,(H,24,27). The second-order valence-electron chi connectivity index (χ2n) is 6.40. The summed E-state index contributed by atoms with van der Waals surface area (Å²) in [7, 11) is 0. The highest BCUT2D eigenvalue weighted by atomic mass is 35.5. The van der Waals surface area contributed by atoms with Gasteiger partial charge in [-0.3, -0.25) is 14.5 Å². The van der Waals surface area contributed by atoms with Gasteiger partial charge in [0.2, 0.25) is 5.56 Å². The SMILES string of the molecule is Cc1cc(F)ccc1N1CN(c2ccc(=O)[nH]c2)C(=O)c2c1ccc(Cl)c2F. The van der Waals surface area contributed by atoms with Gasteiger partial charge in [0.05, 0.1) is 16.4 Å². The monoisotopic (exact) mass is 401 g/mol. The van der Waals surface area contributed by atoms with E-state index in [0.717, 1.165) is 0 Å². The molecule has 8 heteroatoms. The minimum Gasteiger partial charge on any atom is -0.327 e. The Bertz CT molecular complexity index is 1140. The van der Waals surface area contributed by atoms with E-state index in [1.54, 1.807) is 24.0 Å². The number of hydrogen-bond donors (Lipinski definition) is 1. The van der Waals surface area contributed by atoms with E-state index in [4.69, 9.17) is 11.6 Å². The lowest BCUT2D eigenvalue weighted by atomic mass is 10.0. The number of aryl methyl sites for hydroxylation is 1. The molecule has 3 aromatic rings. The Morgan fingerprint density at radius 2 is 1.75 bits per heavy atom. The maximum atomic E-state index is 14.8. The summed E-state index contributed by atoms with van der Waals surface area (Å²) in [5.74, 6) is -1.81. The van der Waals surface area contributed by atoms with Crippen LogP contribution in [0, 0.1) is 18.6 Å². The van der Waals surface area contributed by atoms with Crippen LogP contribution in [-0.4, -0.2) is 17.6 Å². The van der Waals surface area contributed by atoms with E-state index in [2.05, 4.69) is 4.98 Å². The van der Waals surface area contributed by atoms with Gasteiger partial charge in [-0.1, -0.05) is 11.6 Å². The first-order valence-corrected chi connectivity index (χ1v) is 8.77. The number of halogens is 3. The van der Waals surface area contributed by atoms with Gasteiger partial charge in [0.25, 0.3) is 5.91 Å². The highest BCUT2D eigenvalue weighted by Crippen LogP contribution is 2.39. The van der Waals surface area contributed by atoms with Gasteiger partial charge in [-0.05, 0) is 48.9 Å². The highest BCUT2D eigenvalue weighted by molar-refractivity contribution is 6.31. The first kappa shape index (κ1) is 18.2. The number of nitrogens with one attached hydrogen (secondary N) is 1. The van der Waals surface area contributed by atoms with Gasteiger partial charge in [0.15, 0.2) is 5.82 Å². The van der Waals surface area contributed by atoms with Crippen molar-refractivity contribution in [2.75, 3.05) is 16.5 Å². The van der Waals surface area contributed by atoms with Crippen LogP contribution in [0.2, 0.25) is 5.02 Å². The maximum Gasteiger partial charge on any atom is 0.264 e. The summed E-state index contributed by atoms with van der Waals surface area (Å²) in [6.45, 7) is 1.77. The van der Waals surface area contributed by atoms with Crippen LogP contribution in [0.4, 0.5) is 25.8 Å². The van der Waals surface area contributed by atoms with Gasteiger partial charge < -0.3 is 9.88 Å². The van der Waals surface area contributed by atoms with E-state index >= 15 is 0 Å². The van der Waals surface area contributed by atoms with Crippen molar-refractivity contribution in [3.05, 3.63) is 86.8 Å². The molecule has 0 fully saturated rings. The number of aromatic amines is 1. The van der Waals surface area contributed by atoms with Crippen LogP contribution in [0.5, 0.6) is 0 Å². The molecule has 0 saturated carbocycles. The van der Waals surface area contributed by atoms with Crippen molar-refractivity contribution in [3.8, 4) is 0 Å². The number of amides is 1. The fraction of sp³-hybridized carbons (Fsp3) is 0.100. The third-order valence-corrected chi connectivity index (χ3v) is 4.93. The molecule has 28 heavy (non-hydrogen) atoms. The van der Waals surface area contributed by atoms with Crippen molar-refractivity contribution in [3.63, 3.8) is 0 Å². The Morgan fingerprint density at radius 3 is 2.43 bits per heavy atom. The van der Waals surface area contributed by atoms with Gasteiger partial charge in [-0.25, -0.2) is 8.78 Å².